The van der Waals surface area contributed by atoms with Crippen molar-refractivity contribution in [3.05, 3.63) is 95.6 Å². The molecule has 0 saturated carbocycles. The molecular formula is C25H23FN4O2. The van der Waals surface area contributed by atoms with Gasteiger partial charge in [0.25, 0.3) is 5.91 Å². The van der Waals surface area contributed by atoms with Gasteiger partial charge in [-0.25, -0.2) is 9.37 Å². The number of rotatable bonds is 7. The second kappa shape index (κ2) is 9.43. The van der Waals surface area contributed by atoms with E-state index in [0.717, 1.165) is 16.6 Å². The molecule has 0 aliphatic carbocycles. The predicted octanol–water partition coefficient (Wildman–Crippen LogP) is 4.10. The topological polar surface area (TPSA) is 76.0 Å². The smallest absolute Gasteiger partial charge is 0.251 e. The van der Waals surface area contributed by atoms with Gasteiger partial charge in [0.05, 0.1) is 11.0 Å². The number of nitrogens with one attached hydrogen (secondary N) is 2. The molecule has 4 aromatic rings. The van der Waals surface area contributed by atoms with Crippen LogP contribution in [0.25, 0.3) is 11.0 Å². The third-order valence-corrected chi connectivity index (χ3v) is 5.17. The fourth-order valence-electron chi connectivity index (χ4n) is 3.61. The molecule has 32 heavy (non-hydrogen) atoms. The highest BCUT2D eigenvalue weighted by Crippen LogP contribution is 2.17. The Morgan fingerprint density at radius 3 is 2.59 bits per heavy atom. The lowest BCUT2D eigenvalue weighted by Crippen LogP contribution is -2.27. The van der Waals surface area contributed by atoms with Gasteiger partial charge in [0, 0.05) is 24.2 Å². The molecular weight excluding hydrogens is 407 g/mol. The zero-order chi connectivity index (χ0) is 22.5. The quantitative estimate of drug-likeness (QED) is 0.464. The molecule has 162 valence electrons. The van der Waals surface area contributed by atoms with Gasteiger partial charge >= 0.3 is 0 Å². The van der Waals surface area contributed by atoms with E-state index < -0.39 is 5.82 Å². The highest BCUT2D eigenvalue weighted by Gasteiger charge is 2.15. The average molecular weight is 430 g/mol. The molecule has 7 heteroatoms. The number of hydrogen-bond acceptors (Lipinski definition) is 3. The molecule has 0 aliphatic heterocycles. The van der Waals surface area contributed by atoms with Crippen LogP contribution in [0.1, 0.15) is 21.7 Å². The SMILES string of the molecule is Cc1ccccc1C(=O)NCCc1nc2ccccc2n1CC(=O)Nc1cccc(F)c1. The molecule has 0 bridgehead atoms. The lowest BCUT2D eigenvalue weighted by atomic mass is 10.1. The first-order valence-corrected chi connectivity index (χ1v) is 10.3. The van der Waals surface area contributed by atoms with Crippen LogP contribution in [-0.4, -0.2) is 27.9 Å². The van der Waals surface area contributed by atoms with Crippen molar-refractivity contribution in [2.45, 2.75) is 19.9 Å². The van der Waals surface area contributed by atoms with E-state index in [1.807, 2.05) is 54.0 Å². The van der Waals surface area contributed by atoms with Gasteiger partial charge in [-0.3, -0.25) is 9.59 Å². The third-order valence-electron chi connectivity index (χ3n) is 5.17. The number of para-hydroxylation sites is 2. The molecule has 2 N–H and O–H groups in total. The highest BCUT2D eigenvalue weighted by molar-refractivity contribution is 5.95. The van der Waals surface area contributed by atoms with Crippen LogP contribution in [0.5, 0.6) is 0 Å². The summed E-state index contributed by atoms with van der Waals surface area (Å²) < 4.78 is 15.2. The van der Waals surface area contributed by atoms with Gasteiger partial charge in [-0.15, -0.1) is 0 Å². The van der Waals surface area contributed by atoms with Crippen LogP contribution in [0.15, 0.2) is 72.8 Å². The zero-order valence-electron chi connectivity index (χ0n) is 17.6. The van der Waals surface area contributed by atoms with Crippen molar-refractivity contribution in [3.8, 4) is 0 Å². The number of amides is 2. The summed E-state index contributed by atoms with van der Waals surface area (Å²) in [5.41, 5.74) is 3.53. The minimum absolute atomic E-state index is 0.0259. The second-order valence-corrected chi connectivity index (χ2v) is 7.48. The third kappa shape index (κ3) is 4.83. The second-order valence-electron chi connectivity index (χ2n) is 7.48. The van der Waals surface area contributed by atoms with E-state index in [1.54, 1.807) is 18.2 Å². The zero-order valence-corrected chi connectivity index (χ0v) is 17.6. The van der Waals surface area contributed by atoms with Crippen LogP contribution in [0.3, 0.4) is 0 Å². The summed E-state index contributed by atoms with van der Waals surface area (Å²) in [5, 5.41) is 5.64. The number of fused-ring (bicyclic) bond motifs is 1. The van der Waals surface area contributed by atoms with Crippen LogP contribution < -0.4 is 10.6 Å². The molecule has 0 saturated heterocycles. The normalized spacial score (nSPS) is 10.8. The summed E-state index contributed by atoms with van der Waals surface area (Å²) >= 11 is 0. The van der Waals surface area contributed by atoms with Crippen molar-refractivity contribution in [1.82, 2.24) is 14.9 Å². The standard InChI is InChI=1S/C25H23FN4O2/c1-17-7-2-3-10-20(17)25(32)27-14-13-23-29-21-11-4-5-12-22(21)30(23)16-24(31)28-19-9-6-8-18(26)15-19/h2-12,15H,13-14,16H2,1H3,(H,27,32)(H,28,31). The van der Waals surface area contributed by atoms with Crippen molar-refractivity contribution in [1.29, 1.82) is 0 Å². The van der Waals surface area contributed by atoms with Crippen molar-refractivity contribution in [2.75, 3.05) is 11.9 Å². The summed E-state index contributed by atoms with van der Waals surface area (Å²) in [6.07, 6.45) is 0.458. The number of halogens is 1. The molecule has 0 atom stereocenters. The molecule has 0 fully saturated rings. The van der Waals surface area contributed by atoms with Crippen LogP contribution in [-0.2, 0) is 17.8 Å². The molecule has 0 unspecified atom stereocenters. The van der Waals surface area contributed by atoms with E-state index >= 15 is 0 Å². The molecule has 1 aromatic heterocycles. The fourth-order valence-corrected chi connectivity index (χ4v) is 3.61. The fraction of sp³-hybridized carbons (Fsp3) is 0.160. The first-order valence-electron chi connectivity index (χ1n) is 10.3. The lowest BCUT2D eigenvalue weighted by Gasteiger charge is -2.11. The van der Waals surface area contributed by atoms with E-state index in [1.165, 1.54) is 12.1 Å². The molecule has 0 aliphatic rings. The van der Waals surface area contributed by atoms with E-state index in [-0.39, 0.29) is 18.4 Å². The number of hydrogen-bond donors (Lipinski definition) is 2. The lowest BCUT2D eigenvalue weighted by molar-refractivity contribution is -0.116. The first-order chi connectivity index (χ1) is 15.5. The van der Waals surface area contributed by atoms with Gasteiger partial charge in [-0.2, -0.15) is 0 Å². The van der Waals surface area contributed by atoms with Crippen LogP contribution in [0.4, 0.5) is 10.1 Å². The number of nitrogens with zero attached hydrogens (tertiary/aromatic N) is 2. The largest absolute Gasteiger partial charge is 0.352 e. The Balaban J connectivity index is 1.48. The maximum Gasteiger partial charge on any atom is 0.251 e. The number of anilines is 1. The number of aromatic nitrogens is 2. The Morgan fingerprint density at radius 2 is 1.78 bits per heavy atom. The van der Waals surface area contributed by atoms with E-state index in [2.05, 4.69) is 15.6 Å². The van der Waals surface area contributed by atoms with Gasteiger partial charge in [0.2, 0.25) is 5.91 Å². The average Bonchev–Trinajstić information content (AvgIpc) is 3.11. The number of imidazole rings is 1. The summed E-state index contributed by atoms with van der Waals surface area (Å²) in [6, 6.07) is 20.7. The summed E-state index contributed by atoms with van der Waals surface area (Å²) in [6.45, 7) is 2.30. The molecule has 0 radical (unpaired) electrons. The molecule has 1 heterocycles. The summed E-state index contributed by atoms with van der Waals surface area (Å²) in [7, 11) is 0. The Labute approximate surface area is 185 Å². The maximum atomic E-state index is 13.4. The predicted molar refractivity (Wildman–Crippen MR) is 122 cm³/mol. The van der Waals surface area contributed by atoms with Gasteiger partial charge < -0.3 is 15.2 Å². The summed E-state index contributed by atoms with van der Waals surface area (Å²) in [5.74, 6) is -0.162. The minimum Gasteiger partial charge on any atom is -0.352 e. The van der Waals surface area contributed by atoms with E-state index in [4.69, 9.17) is 0 Å². The number of aryl methyl sites for hydroxylation is 1. The van der Waals surface area contributed by atoms with Crippen LogP contribution >= 0.6 is 0 Å². The first kappa shape index (κ1) is 21.2. The van der Waals surface area contributed by atoms with Crippen LogP contribution in [0, 0.1) is 12.7 Å². The molecule has 4 rings (SSSR count). The molecule has 3 aromatic carbocycles. The Kier molecular flexibility index (Phi) is 6.26. The molecule has 6 nitrogen and oxygen atoms in total. The van der Waals surface area contributed by atoms with Crippen molar-refractivity contribution in [2.24, 2.45) is 0 Å². The Morgan fingerprint density at radius 1 is 1.00 bits per heavy atom. The highest BCUT2D eigenvalue weighted by atomic mass is 19.1. The number of benzene rings is 3. The maximum absolute atomic E-state index is 13.4. The van der Waals surface area contributed by atoms with E-state index in [9.17, 15) is 14.0 Å². The Hall–Kier alpha value is -4.00. The van der Waals surface area contributed by atoms with Gasteiger partial charge in [-0.05, 0) is 48.9 Å². The van der Waals surface area contributed by atoms with Gasteiger partial charge in [0.1, 0.15) is 18.2 Å². The molecule has 0 spiro atoms. The number of carbonyl (C=O) groups is 2. The van der Waals surface area contributed by atoms with Gasteiger partial charge in [0.15, 0.2) is 0 Å². The number of carbonyl (C=O) groups excluding carboxylic acids is 2. The van der Waals surface area contributed by atoms with Crippen molar-refractivity contribution in [3.63, 3.8) is 0 Å². The minimum atomic E-state index is -0.416. The van der Waals surface area contributed by atoms with Gasteiger partial charge in [-0.1, -0.05) is 36.4 Å². The summed E-state index contributed by atoms with van der Waals surface area (Å²) in [4.78, 5) is 29.8. The van der Waals surface area contributed by atoms with Crippen molar-refractivity contribution >= 4 is 28.5 Å². The Bertz CT molecular complexity index is 1280. The molecule has 2 amide bonds. The van der Waals surface area contributed by atoms with Crippen LogP contribution in [0.2, 0.25) is 0 Å². The van der Waals surface area contributed by atoms with Crippen molar-refractivity contribution < 1.29 is 14.0 Å². The van der Waals surface area contributed by atoms with E-state index in [0.29, 0.717) is 30.0 Å². The monoisotopic (exact) mass is 430 g/mol.